The van der Waals surface area contributed by atoms with Crippen LogP contribution in [-0.4, -0.2) is 23.5 Å². The fourth-order valence-corrected chi connectivity index (χ4v) is 12.3. The molecule has 0 radical (unpaired) electrons. The summed E-state index contributed by atoms with van der Waals surface area (Å²) >= 11 is 0. The number of allylic oxidation sites excluding steroid dienone is 1. The van der Waals surface area contributed by atoms with Crippen LogP contribution in [0.3, 0.4) is 0 Å². The Morgan fingerprint density at radius 1 is 0.344 bits per heavy atom. The maximum atomic E-state index is 8.10. The molecule has 15 aromatic rings. The number of hydrogen-bond acceptors (Lipinski definition) is 2. The highest BCUT2D eigenvalue weighted by Crippen LogP contribution is 2.39. The maximum Gasteiger partial charge on any atom is 0.148 e. The first kappa shape index (κ1) is 58.3. The van der Waals surface area contributed by atoms with Crippen molar-refractivity contribution in [2.45, 2.75) is 126 Å². The van der Waals surface area contributed by atoms with Gasteiger partial charge in [-0.1, -0.05) is 293 Å². The summed E-state index contributed by atoms with van der Waals surface area (Å²) in [6.07, 6.45) is 4.39. The minimum atomic E-state index is -0.371. The van der Waals surface area contributed by atoms with Crippen molar-refractivity contribution in [3.8, 4) is 22.3 Å². The maximum absolute atomic E-state index is 8.10. The highest BCUT2D eigenvalue weighted by Gasteiger charge is 2.25. The number of fused-ring (bicyclic) bond motifs is 13. The number of nitrogens with zero attached hydrogens (tertiary/aromatic N) is 5. The minimum absolute atomic E-state index is 0.0498. The van der Waals surface area contributed by atoms with E-state index in [-0.39, 0.29) is 63.1 Å². The van der Waals surface area contributed by atoms with Crippen LogP contribution in [0.5, 0.6) is 0 Å². The molecule has 11 aromatic carbocycles. The van der Waals surface area contributed by atoms with Gasteiger partial charge in [0.2, 0.25) is 0 Å². The molecule has 4 heterocycles. The molecule has 0 unspecified atom stereocenters. The Bertz CT molecular complexity index is 5310. The van der Waals surface area contributed by atoms with Gasteiger partial charge in [-0.15, -0.1) is 0 Å². The zero-order chi connectivity index (χ0) is 70.2. The van der Waals surface area contributed by atoms with E-state index in [1.54, 1.807) is 12.1 Å². The second kappa shape index (κ2) is 26.4. The summed E-state index contributed by atoms with van der Waals surface area (Å²) in [6.45, 7) is 33.3. The Labute approximate surface area is 558 Å². The van der Waals surface area contributed by atoms with Gasteiger partial charge in [0, 0.05) is 60.0 Å². The van der Waals surface area contributed by atoms with Crippen molar-refractivity contribution in [3.05, 3.63) is 290 Å². The predicted molar refractivity (Wildman–Crippen MR) is 404 cm³/mol. The summed E-state index contributed by atoms with van der Waals surface area (Å²) in [5.74, 6) is 1.05. The summed E-state index contributed by atoms with van der Waals surface area (Å²) in [5, 5.41) is 9.16. The Balaban J connectivity index is 0.000000127. The van der Waals surface area contributed by atoms with Gasteiger partial charge in [0.15, 0.2) is 0 Å². The summed E-state index contributed by atoms with van der Waals surface area (Å²) in [5.41, 5.74) is 15.4. The summed E-state index contributed by atoms with van der Waals surface area (Å²) in [6, 6.07) is 80.6. The number of benzene rings is 11. The number of imidazole rings is 1. The topological polar surface area (TPSA) is 40.1 Å². The highest BCUT2D eigenvalue weighted by molar-refractivity contribution is 6.20. The van der Waals surface area contributed by atoms with E-state index in [0.29, 0.717) is 5.56 Å². The Kier molecular flexibility index (Phi) is 16.5. The second-order valence-electron chi connectivity index (χ2n) is 29.2. The molecular formula is C88H91N5. The first-order chi connectivity index (χ1) is 46.4. The van der Waals surface area contributed by atoms with Crippen LogP contribution in [-0.2, 0) is 21.9 Å². The lowest BCUT2D eigenvalue weighted by Crippen LogP contribution is -2.21. The number of para-hydroxylation sites is 6. The van der Waals surface area contributed by atoms with Crippen LogP contribution in [0, 0.1) is 5.41 Å². The standard InChI is InChI=1S/C22H22.C20H19N.C18H17N3.C16H17N.C12H16/c1-22(2,3)21-15-13-20(14-16-21)19-11-9-18(10-12-19)17-7-5-4-6-8-17;1-20(2,3)21-17-11-7-6-10-16(17)19-15-9-5-4-8-14(15)12-13-18(19)21;1-18(2,3)17-20-13-9-5-4-8-12(13)16-19-14-10-6-7-11-15(14)21(16)17;1-16(2,3)17-14-10-6-4-8-12(14)13-9-5-7-11-15(13)17;1-12(2,3)10-9-11-7-5-4-6-8-11/h4-16H,1-3H3;4-13H,1-3H3;4-11H,1-3H3;4-11H,1-3H3;4-10H,1-3H3/b;;;;10-9+/i4D,5D,6D,7D,8D;;;;. The van der Waals surface area contributed by atoms with Gasteiger partial charge >= 0.3 is 0 Å². The van der Waals surface area contributed by atoms with E-state index in [1.165, 1.54) is 65.5 Å². The lowest BCUT2D eigenvalue weighted by Gasteiger charge is -2.24. The summed E-state index contributed by atoms with van der Waals surface area (Å²) < 4.78 is 46.7. The van der Waals surface area contributed by atoms with Gasteiger partial charge in [-0.2, -0.15) is 0 Å². The smallest absolute Gasteiger partial charge is 0.148 e. The third kappa shape index (κ3) is 14.4. The van der Waals surface area contributed by atoms with Crippen molar-refractivity contribution in [1.82, 2.24) is 23.5 Å². The van der Waals surface area contributed by atoms with Crippen molar-refractivity contribution in [2.75, 3.05) is 0 Å². The van der Waals surface area contributed by atoms with Crippen molar-refractivity contribution in [3.63, 3.8) is 0 Å². The fraction of sp³-hybridized carbons (Fsp3) is 0.227. The molecule has 5 nitrogen and oxygen atoms in total. The lowest BCUT2D eigenvalue weighted by molar-refractivity contribution is 0.423. The molecule has 0 fully saturated rings. The van der Waals surface area contributed by atoms with Crippen LogP contribution in [0.25, 0.3) is 110 Å². The molecule has 0 aliphatic heterocycles. The first-order valence-electron chi connectivity index (χ1n) is 35.0. The zero-order valence-electron chi connectivity index (χ0n) is 61.9. The summed E-state index contributed by atoms with van der Waals surface area (Å²) in [4.78, 5) is 9.76. The fourth-order valence-electron chi connectivity index (χ4n) is 12.3. The van der Waals surface area contributed by atoms with Crippen LogP contribution < -0.4 is 0 Å². The SMILES string of the molecule is CC(C)(C)/C=C/c1ccccc1.CC(C)(C)c1nc2ccccc2c2nc3ccccc3n12.CC(C)(C)n1c2ccccc2c2c3ccccc3ccc21.CC(C)(C)n1c2ccccc2c2ccccc21.[2H]c1c([2H])c([2H])c(-c2ccc(-c3ccc(C(C)(C)C)cc3)cc2)c([2H])c1[2H]. The highest BCUT2D eigenvalue weighted by atomic mass is 15.1. The van der Waals surface area contributed by atoms with Gasteiger partial charge in [-0.25, -0.2) is 9.97 Å². The molecule has 0 spiro atoms. The molecule has 0 saturated carbocycles. The Hall–Kier alpha value is -9.84. The molecule has 0 aliphatic rings. The Morgan fingerprint density at radius 2 is 0.785 bits per heavy atom. The molecule has 4 aromatic heterocycles. The average molecular weight is 1220 g/mol. The molecule has 93 heavy (non-hydrogen) atoms. The quantitative estimate of drug-likeness (QED) is 0.177. The van der Waals surface area contributed by atoms with E-state index in [0.717, 1.165) is 44.5 Å². The number of rotatable bonds is 3. The molecule has 0 bridgehead atoms. The van der Waals surface area contributed by atoms with Gasteiger partial charge in [-0.05, 0) is 145 Å². The molecule has 0 amide bonds. The Morgan fingerprint density at radius 3 is 1.32 bits per heavy atom. The molecule has 15 rings (SSSR count). The van der Waals surface area contributed by atoms with E-state index < -0.39 is 0 Å². The monoisotopic (exact) mass is 1220 g/mol. The molecule has 468 valence electrons. The van der Waals surface area contributed by atoms with Crippen LogP contribution >= 0.6 is 0 Å². The number of aromatic nitrogens is 5. The van der Waals surface area contributed by atoms with E-state index in [4.69, 9.17) is 16.8 Å². The number of hydrogen-bond donors (Lipinski definition) is 0. The summed E-state index contributed by atoms with van der Waals surface area (Å²) in [7, 11) is 0. The van der Waals surface area contributed by atoms with Crippen LogP contribution in [0.15, 0.2) is 273 Å². The van der Waals surface area contributed by atoms with Crippen molar-refractivity contribution in [2.24, 2.45) is 5.41 Å². The van der Waals surface area contributed by atoms with Gasteiger partial charge in [0.05, 0.1) is 28.9 Å². The normalized spacial score (nSPS) is 13.0. The first-order valence-corrected chi connectivity index (χ1v) is 32.5. The molecule has 0 aliphatic carbocycles. The van der Waals surface area contributed by atoms with Crippen LogP contribution in [0.2, 0.25) is 0 Å². The van der Waals surface area contributed by atoms with E-state index in [9.17, 15) is 0 Å². The molecule has 0 N–H and O–H groups in total. The minimum Gasteiger partial charge on any atom is -0.335 e. The lowest BCUT2D eigenvalue weighted by atomic mass is 9.86. The zero-order valence-corrected chi connectivity index (χ0v) is 56.9. The van der Waals surface area contributed by atoms with Gasteiger partial charge in [0.1, 0.15) is 11.5 Å². The van der Waals surface area contributed by atoms with Crippen LogP contribution in [0.4, 0.5) is 0 Å². The third-order valence-electron chi connectivity index (χ3n) is 16.6. The van der Waals surface area contributed by atoms with Crippen LogP contribution in [0.1, 0.15) is 128 Å². The molecular weight excluding hydrogens is 1130 g/mol. The third-order valence-corrected chi connectivity index (χ3v) is 16.6. The average Bonchev–Trinajstić information content (AvgIpc) is 1.56. The molecule has 0 saturated heterocycles. The van der Waals surface area contributed by atoms with Gasteiger partial charge in [0.25, 0.3) is 0 Å². The van der Waals surface area contributed by atoms with E-state index >= 15 is 0 Å². The van der Waals surface area contributed by atoms with E-state index in [2.05, 4.69) is 318 Å². The van der Waals surface area contributed by atoms with E-state index in [1.807, 2.05) is 36.4 Å². The predicted octanol–water partition coefficient (Wildman–Crippen LogP) is 24.6. The van der Waals surface area contributed by atoms with Gasteiger partial charge in [-0.3, -0.25) is 4.40 Å². The largest absolute Gasteiger partial charge is 0.335 e. The van der Waals surface area contributed by atoms with Gasteiger partial charge < -0.3 is 9.13 Å². The van der Waals surface area contributed by atoms with Crippen molar-refractivity contribution >= 4 is 88.0 Å². The molecule has 0 atom stereocenters. The second-order valence-corrected chi connectivity index (χ2v) is 29.2. The molecule has 5 heteroatoms. The van der Waals surface area contributed by atoms with Crippen molar-refractivity contribution < 1.29 is 6.85 Å². The van der Waals surface area contributed by atoms with Crippen molar-refractivity contribution in [1.29, 1.82) is 0 Å².